The molecular formula is C20H22N2O5. The predicted octanol–water partition coefficient (Wildman–Crippen LogP) is 3.91. The number of esters is 1. The van der Waals surface area contributed by atoms with E-state index in [0.717, 1.165) is 12.0 Å². The van der Waals surface area contributed by atoms with Crippen LogP contribution in [0.5, 0.6) is 0 Å². The van der Waals surface area contributed by atoms with Crippen molar-refractivity contribution in [3.63, 3.8) is 0 Å². The van der Waals surface area contributed by atoms with Crippen LogP contribution in [0.15, 0.2) is 54.6 Å². The Labute approximate surface area is 157 Å². The number of non-ortho nitro benzene ring substituents is 1. The smallest absolute Gasteiger partial charge is 0.314 e. The highest BCUT2D eigenvalue weighted by Gasteiger charge is 2.27. The Kier molecular flexibility index (Phi) is 7.05. The topological polar surface area (TPSA) is 98.5 Å². The van der Waals surface area contributed by atoms with Crippen LogP contribution in [0, 0.1) is 16.0 Å². The zero-order valence-electron chi connectivity index (χ0n) is 15.3. The van der Waals surface area contributed by atoms with E-state index in [9.17, 15) is 19.7 Å². The Morgan fingerprint density at radius 2 is 1.85 bits per heavy atom. The molecule has 0 aliphatic rings. The van der Waals surface area contributed by atoms with E-state index < -0.39 is 29.3 Å². The number of nitro groups is 1. The fraction of sp³-hybridized carbons (Fsp3) is 0.300. The van der Waals surface area contributed by atoms with E-state index in [1.807, 2.05) is 44.2 Å². The zero-order chi connectivity index (χ0) is 19.8. The molecule has 0 aromatic heterocycles. The number of amides is 1. The van der Waals surface area contributed by atoms with Gasteiger partial charge in [-0.1, -0.05) is 56.7 Å². The SMILES string of the molecule is CC[C@@H](C)[C@H](C(=O)OCC(=O)Nc1cccc([N+](=O)[O-])c1)c1ccccc1. The number of nitrogens with one attached hydrogen (secondary N) is 1. The number of hydrogen-bond donors (Lipinski definition) is 1. The van der Waals surface area contributed by atoms with Gasteiger partial charge >= 0.3 is 5.97 Å². The molecule has 0 radical (unpaired) electrons. The van der Waals surface area contributed by atoms with Gasteiger partial charge in [0.1, 0.15) is 0 Å². The van der Waals surface area contributed by atoms with Crippen molar-refractivity contribution >= 4 is 23.3 Å². The lowest BCUT2D eigenvalue weighted by atomic mass is 9.86. The van der Waals surface area contributed by atoms with Crippen molar-refractivity contribution in [1.29, 1.82) is 0 Å². The van der Waals surface area contributed by atoms with Gasteiger partial charge < -0.3 is 10.1 Å². The van der Waals surface area contributed by atoms with E-state index in [1.165, 1.54) is 24.3 Å². The van der Waals surface area contributed by atoms with Crippen molar-refractivity contribution in [1.82, 2.24) is 0 Å². The quantitative estimate of drug-likeness (QED) is 0.431. The molecule has 0 bridgehead atoms. The second-order valence-corrected chi connectivity index (χ2v) is 6.24. The van der Waals surface area contributed by atoms with Crippen LogP contribution in [-0.2, 0) is 14.3 Å². The van der Waals surface area contributed by atoms with Crippen LogP contribution in [-0.4, -0.2) is 23.4 Å². The van der Waals surface area contributed by atoms with E-state index >= 15 is 0 Å². The largest absolute Gasteiger partial charge is 0.455 e. The van der Waals surface area contributed by atoms with E-state index in [1.54, 1.807) is 0 Å². The predicted molar refractivity (Wildman–Crippen MR) is 101 cm³/mol. The van der Waals surface area contributed by atoms with Crippen molar-refractivity contribution in [2.24, 2.45) is 5.92 Å². The molecule has 2 rings (SSSR count). The summed E-state index contributed by atoms with van der Waals surface area (Å²) in [6, 6.07) is 14.9. The van der Waals surface area contributed by atoms with Crippen molar-refractivity contribution in [2.45, 2.75) is 26.2 Å². The van der Waals surface area contributed by atoms with Gasteiger partial charge in [0.15, 0.2) is 6.61 Å². The van der Waals surface area contributed by atoms with Gasteiger partial charge in [-0.05, 0) is 17.5 Å². The molecule has 0 aliphatic carbocycles. The molecule has 2 atom stereocenters. The number of carbonyl (C=O) groups is 2. The van der Waals surface area contributed by atoms with Crippen molar-refractivity contribution in [3.05, 3.63) is 70.3 Å². The summed E-state index contributed by atoms with van der Waals surface area (Å²) in [6.07, 6.45) is 0.786. The lowest BCUT2D eigenvalue weighted by molar-refractivity contribution is -0.384. The van der Waals surface area contributed by atoms with Crippen LogP contribution in [0.3, 0.4) is 0 Å². The van der Waals surface area contributed by atoms with Crippen LogP contribution in [0.1, 0.15) is 31.7 Å². The number of nitro benzene ring substituents is 1. The van der Waals surface area contributed by atoms with Gasteiger partial charge in [-0.3, -0.25) is 19.7 Å². The first-order chi connectivity index (χ1) is 12.9. The van der Waals surface area contributed by atoms with E-state index in [0.29, 0.717) is 0 Å². The molecule has 142 valence electrons. The first-order valence-electron chi connectivity index (χ1n) is 8.68. The Hall–Kier alpha value is -3.22. The van der Waals surface area contributed by atoms with Crippen LogP contribution in [0.2, 0.25) is 0 Å². The van der Waals surface area contributed by atoms with Crippen molar-refractivity contribution in [2.75, 3.05) is 11.9 Å². The summed E-state index contributed by atoms with van der Waals surface area (Å²) in [6.45, 7) is 3.49. The molecular weight excluding hydrogens is 348 g/mol. The summed E-state index contributed by atoms with van der Waals surface area (Å²) in [5, 5.41) is 13.3. The summed E-state index contributed by atoms with van der Waals surface area (Å²) < 4.78 is 5.21. The number of carbonyl (C=O) groups excluding carboxylic acids is 2. The lowest BCUT2D eigenvalue weighted by Gasteiger charge is -2.21. The number of hydrogen-bond acceptors (Lipinski definition) is 5. The molecule has 0 fully saturated rings. The highest BCUT2D eigenvalue weighted by atomic mass is 16.6. The zero-order valence-corrected chi connectivity index (χ0v) is 15.3. The highest BCUT2D eigenvalue weighted by Crippen LogP contribution is 2.28. The first-order valence-corrected chi connectivity index (χ1v) is 8.68. The van der Waals surface area contributed by atoms with Gasteiger partial charge in [0.05, 0.1) is 10.8 Å². The molecule has 27 heavy (non-hydrogen) atoms. The van der Waals surface area contributed by atoms with E-state index in [4.69, 9.17) is 4.74 Å². The molecule has 0 saturated carbocycles. The maximum Gasteiger partial charge on any atom is 0.314 e. The number of benzene rings is 2. The molecule has 0 spiro atoms. The van der Waals surface area contributed by atoms with Gasteiger partial charge in [0.25, 0.3) is 11.6 Å². The maximum absolute atomic E-state index is 12.6. The lowest BCUT2D eigenvalue weighted by Crippen LogP contribution is -2.26. The van der Waals surface area contributed by atoms with Crippen LogP contribution < -0.4 is 5.32 Å². The highest BCUT2D eigenvalue weighted by molar-refractivity contribution is 5.93. The molecule has 0 aliphatic heterocycles. The minimum absolute atomic E-state index is 0.0553. The van der Waals surface area contributed by atoms with Gasteiger partial charge in [-0.15, -0.1) is 0 Å². The van der Waals surface area contributed by atoms with Crippen LogP contribution in [0.25, 0.3) is 0 Å². The molecule has 1 amide bonds. The number of nitrogens with zero attached hydrogens (tertiary/aromatic N) is 1. The minimum Gasteiger partial charge on any atom is -0.455 e. The first kappa shape index (κ1) is 20.1. The van der Waals surface area contributed by atoms with Crippen LogP contribution in [0.4, 0.5) is 11.4 Å². The third kappa shape index (κ3) is 5.64. The monoisotopic (exact) mass is 370 g/mol. The van der Waals surface area contributed by atoms with E-state index in [-0.39, 0.29) is 17.3 Å². The fourth-order valence-corrected chi connectivity index (χ4v) is 2.71. The van der Waals surface area contributed by atoms with Gasteiger partial charge in [-0.25, -0.2) is 0 Å². The van der Waals surface area contributed by atoms with Crippen molar-refractivity contribution in [3.8, 4) is 0 Å². The Bertz CT molecular complexity index is 807. The molecule has 0 saturated heterocycles. The minimum atomic E-state index is -0.556. The molecule has 0 unspecified atom stereocenters. The van der Waals surface area contributed by atoms with Crippen LogP contribution >= 0.6 is 0 Å². The van der Waals surface area contributed by atoms with Gasteiger partial charge in [0.2, 0.25) is 0 Å². The molecule has 2 aromatic rings. The molecule has 0 heterocycles. The Balaban J connectivity index is 1.99. The van der Waals surface area contributed by atoms with E-state index in [2.05, 4.69) is 5.32 Å². The average molecular weight is 370 g/mol. The normalized spacial score (nSPS) is 12.7. The molecule has 2 aromatic carbocycles. The number of ether oxygens (including phenoxy) is 1. The summed E-state index contributed by atoms with van der Waals surface area (Å²) in [4.78, 5) is 34.8. The second kappa shape index (κ2) is 9.47. The summed E-state index contributed by atoms with van der Waals surface area (Å²) >= 11 is 0. The number of rotatable bonds is 8. The molecule has 7 heteroatoms. The average Bonchev–Trinajstić information content (AvgIpc) is 2.67. The molecule has 1 N–H and O–H groups in total. The fourth-order valence-electron chi connectivity index (χ4n) is 2.71. The van der Waals surface area contributed by atoms with Crippen molar-refractivity contribution < 1.29 is 19.2 Å². The Morgan fingerprint density at radius 1 is 1.15 bits per heavy atom. The van der Waals surface area contributed by atoms with Gasteiger partial charge in [0, 0.05) is 17.8 Å². The van der Waals surface area contributed by atoms with Gasteiger partial charge in [-0.2, -0.15) is 0 Å². The standard InChI is InChI=1S/C20H22N2O5/c1-3-14(2)19(15-8-5-4-6-9-15)20(24)27-13-18(23)21-16-10-7-11-17(12-16)22(25)26/h4-12,14,19H,3,13H2,1-2H3,(H,21,23)/t14-,19+/m1/s1. The maximum atomic E-state index is 12.6. The summed E-state index contributed by atoms with van der Waals surface area (Å²) in [5.74, 6) is -1.42. The summed E-state index contributed by atoms with van der Waals surface area (Å²) in [7, 11) is 0. The third-order valence-corrected chi connectivity index (χ3v) is 4.31. The number of anilines is 1. The summed E-state index contributed by atoms with van der Waals surface area (Å²) in [5.41, 5.74) is 0.980. The Morgan fingerprint density at radius 3 is 2.48 bits per heavy atom. The molecule has 7 nitrogen and oxygen atoms in total. The third-order valence-electron chi connectivity index (χ3n) is 4.31. The second-order valence-electron chi connectivity index (χ2n) is 6.24.